The Morgan fingerprint density at radius 3 is 2.85 bits per heavy atom. The number of hydrogen-bond acceptors (Lipinski definition) is 3. The third kappa shape index (κ3) is 2.18. The van der Waals surface area contributed by atoms with E-state index in [0.29, 0.717) is 6.54 Å². The third-order valence-corrected chi connectivity index (χ3v) is 2.01. The molecular formula is C8H14N2O3. The quantitative estimate of drug-likeness (QED) is 0.527. The number of piperazine rings is 1. The SMILES string of the molecule is CC(O)CN1C(=O)C(=O)NCC1C. The van der Waals surface area contributed by atoms with Crippen molar-refractivity contribution in [3.05, 3.63) is 0 Å². The number of amides is 2. The predicted octanol–water partition coefficient (Wildman–Crippen LogP) is -1.29. The molecule has 2 N–H and O–H groups in total. The van der Waals surface area contributed by atoms with Crippen molar-refractivity contribution >= 4 is 11.8 Å². The minimum absolute atomic E-state index is 0.0419. The van der Waals surface area contributed by atoms with Crippen LogP contribution in [0.1, 0.15) is 13.8 Å². The van der Waals surface area contributed by atoms with Crippen molar-refractivity contribution < 1.29 is 14.7 Å². The number of carbonyl (C=O) groups excluding carboxylic acids is 2. The van der Waals surface area contributed by atoms with Gasteiger partial charge in [0.05, 0.1) is 6.10 Å². The van der Waals surface area contributed by atoms with E-state index in [1.165, 1.54) is 4.90 Å². The lowest BCUT2D eigenvalue weighted by Gasteiger charge is -2.33. The fraction of sp³-hybridized carbons (Fsp3) is 0.750. The van der Waals surface area contributed by atoms with Gasteiger partial charge in [0.1, 0.15) is 0 Å². The van der Waals surface area contributed by atoms with E-state index >= 15 is 0 Å². The van der Waals surface area contributed by atoms with Crippen LogP contribution >= 0.6 is 0 Å². The second-order valence-corrected chi connectivity index (χ2v) is 3.37. The molecule has 0 aromatic rings. The van der Waals surface area contributed by atoms with Crippen LogP contribution in [0.5, 0.6) is 0 Å². The maximum atomic E-state index is 11.3. The molecule has 5 heteroatoms. The van der Waals surface area contributed by atoms with Crippen LogP contribution in [0, 0.1) is 0 Å². The van der Waals surface area contributed by atoms with Gasteiger partial charge >= 0.3 is 11.8 Å². The Labute approximate surface area is 76.7 Å². The molecule has 2 amide bonds. The highest BCUT2D eigenvalue weighted by molar-refractivity contribution is 6.35. The summed E-state index contributed by atoms with van der Waals surface area (Å²) in [5.74, 6) is -1.14. The van der Waals surface area contributed by atoms with E-state index in [1.54, 1.807) is 6.92 Å². The third-order valence-electron chi connectivity index (χ3n) is 2.01. The number of hydrogen-bond donors (Lipinski definition) is 2. The Morgan fingerprint density at radius 1 is 1.69 bits per heavy atom. The molecule has 0 aliphatic carbocycles. The summed E-state index contributed by atoms with van der Waals surface area (Å²) in [7, 11) is 0. The van der Waals surface area contributed by atoms with Crippen molar-refractivity contribution in [2.24, 2.45) is 0 Å². The number of carbonyl (C=O) groups is 2. The molecule has 0 aromatic carbocycles. The van der Waals surface area contributed by atoms with Crippen LogP contribution in [0.3, 0.4) is 0 Å². The van der Waals surface area contributed by atoms with Gasteiger partial charge < -0.3 is 15.3 Å². The van der Waals surface area contributed by atoms with Gasteiger partial charge in [-0.05, 0) is 13.8 Å². The van der Waals surface area contributed by atoms with Crippen LogP contribution in [0.4, 0.5) is 0 Å². The van der Waals surface area contributed by atoms with Gasteiger partial charge in [0, 0.05) is 19.1 Å². The lowest BCUT2D eigenvalue weighted by atomic mass is 10.2. The fourth-order valence-electron chi connectivity index (χ4n) is 1.30. The zero-order valence-electron chi connectivity index (χ0n) is 7.78. The number of aliphatic hydroxyl groups excluding tert-OH is 1. The van der Waals surface area contributed by atoms with Crippen LogP contribution in [0.2, 0.25) is 0 Å². The van der Waals surface area contributed by atoms with Crippen molar-refractivity contribution in [1.82, 2.24) is 10.2 Å². The van der Waals surface area contributed by atoms with Crippen molar-refractivity contribution in [2.75, 3.05) is 13.1 Å². The van der Waals surface area contributed by atoms with Crippen molar-refractivity contribution in [3.8, 4) is 0 Å². The number of nitrogens with one attached hydrogen (secondary N) is 1. The van der Waals surface area contributed by atoms with E-state index < -0.39 is 17.9 Å². The molecule has 2 atom stereocenters. The molecule has 74 valence electrons. The molecule has 2 unspecified atom stereocenters. The first-order valence-corrected chi connectivity index (χ1v) is 4.29. The van der Waals surface area contributed by atoms with Crippen LogP contribution < -0.4 is 5.32 Å². The zero-order valence-corrected chi connectivity index (χ0v) is 7.78. The highest BCUT2D eigenvalue weighted by atomic mass is 16.3. The minimum atomic E-state index is -0.600. The Bertz CT molecular complexity index is 227. The molecule has 1 fully saturated rings. The largest absolute Gasteiger partial charge is 0.392 e. The normalized spacial score (nSPS) is 25.8. The van der Waals surface area contributed by atoms with E-state index in [1.807, 2.05) is 6.92 Å². The molecule has 0 radical (unpaired) electrons. The maximum Gasteiger partial charge on any atom is 0.312 e. The number of rotatable bonds is 2. The van der Waals surface area contributed by atoms with Gasteiger partial charge in [-0.3, -0.25) is 9.59 Å². The second-order valence-electron chi connectivity index (χ2n) is 3.37. The molecule has 0 bridgehead atoms. The Hall–Kier alpha value is -1.10. The summed E-state index contributed by atoms with van der Waals surface area (Å²) in [5, 5.41) is 11.6. The maximum absolute atomic E-state index is 11.3. The number of β-amino-alcohol motifs (C(OH)–C–C–N with tert-alkyl or cyclic N) is 1. The minimum Gasteiger partial charge on any atom is -0.392 e. The van der Waals surface area contributed by atoms with Gasteiger partial charge in [0.25, 0.3) is 0 Å². The molecular weight excluding hydrogens is 172 g/mol. The summed E-state index contributed by atoms with van der Waals surface area (Å²) in [6, 6.07) is -0.0419. The Kier molecular flexibility index (Phi) is 2.87. The first-order valence-electron chi connectivity index (χ1n) is 4.29. The summed E-state index contributed by atoms with van der Waals surface area (Å²) >= 11 is 0. The first-order chi connectivity index (χ1) is 6.02. The summed E-state index contributed by atoms with van der Waals surface area (Å²) in [6.07, 6.45) is -0.600. The van der Waals surface area contributed by atoms with Gasteiger partial charge in [0.2, 0.25) is 0 Å². The molecule has 1 heterocycles. The van der Waals surface area contributed by atoms with Gasteiger partial charge in [-0.2, -0.15) is 0 Å². The summed E-state index contributed by atoms with van der Waals surface area (Å²) < 4.78 is 0. The van der Waals surface area contributed by atoms with E-state index in [4.69, 9.17) is 5.11 Å². The van der Waals surface area contributed by atoms with E-state index in [9.17, 15) is 9.59 Å². The van der Waals surface area contributed by atoms with E-state index in [-0.39, 0.29) is 12.6 Å². The number of nitrogens with zero attached hydrogens (tertiary/aromatic N) is 1. The highest BCUT2D eigenvalue weighted by Crippen LogP contribution is 2.05. The van der Waals surface area contributed by atoms with Crippen molar-refractivity contribution in [1.29, 1.82) is 0 Å². The van der Waals surface area contributed by atoms with E-state index in [0.717, 1.165) is 0 Å². The standard InChI is InChI=1S/C8H14N2O3/c1-5-3-9-7(12)8(13)10(5)4-6(2)11/h5-6,11H,3-4H2,1-2H3,(H,9,12). The van der Waals surface area contributed by atoms with Gasteiger partial charge in [-0.25, -0.2) is 0 Å². The van der Waals surface area contributed by atoms with Crippen molar-refractivity contribution in [2.45, 2.75) is 26.0 Å². The summed E-state index contributed by atoms with van der Waals surface area (Å²) in [4.78, 5) is 23.6. The summed E-state index contributed by atoms with van der Waals surface area (Å²) in [6.45, 7) is 4.09. The van der Waals surface area contributed by atoms with E-state index in [2.05, 4.69) is 5.32 Å². The molecule has 1 saturated heterocycles. The number of aliphatic hydroxyl groups is 1. The van der Waals surface area contributed by atoms with Gasteiger partial charge in [-0.15, -0.1) is 0 Å². The summed E-state index contributed by atoms with van der Waals surface area (Å²) in [5.41, 5.74) is 0. The molecule has 13 heavy (non-hydrogen) atoms. The molecule has 5 nitrogen and oxygen atoms in total. The van der Waals surface area contributed by atoms with Crippen LogP contribution in [-0.4, -0.2) is 47.1 Å². The first kappa shape index (κ1) is 9.98. The van der Waals surface area contributed by atoms with Crippen LogP contribution in [0.15, 0.2) is 0 Å². The molecule has 0 saturated carbocycles. The van der Waals surface area contributed by atoms with Gasteiger partial charge in [0.15, 0.2) is 0 Å². The van der Waals surface area contributed by atoms with Crippen LogP contribution in [-0.2, 0) is 9.59 Å². The molecule has 0 spiro atoms. The second kappa shape index (κ2) is 3.74. The molecule has 1 aliphatic heterocycles. The zero-order chi connectivity index (χ0) is 10.0. The highest BCUT2D eigenvalue weighted by Gasteiger charge is 2.31. The lowest BCUT2D eigenvalue weighted by molar-refractivity contribution is -0.151. The Balaban J connectivity index is 2.66. The van der Waals surface area contributed by atoms with Crippen molar-refractivity contribution in [3.63, 3.8) is 0 Å². The fourth-order valence-corrected chi connectivity index (χ4v) is 1.30. The average molecular weight is 186 g/mol. The van der Waals surface area contributed by atoms with Gasteiger partial charge in [-0.1, -0.05) is 0 Å². The molecule has 1 rings (SSSR count). The predicted molar refractivity (Wildman–Crippen MR) is 45.9 cm³/mol. The topological polar surface area (TPSA) is 69.6 Å². The van der Waals surface area contributed by atoms with Crippen LogP contribution in [0.25, 0.3) is 0 Å². The monoisotopic (exact) mass is 186 g/mol. The lowest BCUT2D eigenvalue weighted by Crippen LogP contribution is -2.58. The molecule has 1 aliphatic rings. The Morgan fingerprint density at radius 2 is 2.31 bits per heavy atom. The average Bonchev–Trinajstić information content (AvgIpc) is 2.05. The molecule has 0 aromatic heterocycles. The smallest absolute Gasteiger partial charge is 0.312 e.